The number of aromatic nitrogens is 1. The van der Waals surface area contributed by atoms with E-state index >= 15 is 0 Å². The quantitative estimate of drug-likeness (QED) is 0.848. The Morgan fingerprint density at radius 3 is 2.47 bits per heavy atom. The fraction of sp³-hybridized carbons (Fsp3) is 0.143. The number of hydrogen-bond donors (Lipinski definition) is 2. The highest BCUT2D eigenvalue weighted by molar-refractivity contribution is 9.10. The molecule has 1 aromatic carbocycles. The lowest BCUT2D eigenvalue weighted by atomic mass is 10.1. The number of pyridine rings is 1. The van der Waals surface area contributed by atoms with Crippen LogP contribution in [-0.4, -0.2) is 19.1 Å². The van der Waals surface area contributed by atoms with Gasteiger partial charge in [0.1, 0.15) is 11.6 Å². The summed E-state index contributed by atoms with van der Waals surface area (Å²) in [5.41, 5.74) is 1.36. The molecule has 0 aliphatic heterocycles. The van der Waals surface area contributed by atoms with Gasteiger partial charge >= 0.3 is 0 Å². The maximum atomic E-state index is 11.4. The van der Waals surface area contributed by atoms with Crippen LogP contribution in [0.15, 0.2) is 45.7 Å². The molecule has 2 aromatic rings. The Bertz CT molecular complexity index is 644. The Kier molecular flexibility index (Phi) is 6.00. The van der Waals surface area contributed by atoms with Crippen molar-refractivity contribution in [2.45, 2.75) is 0 Å². The van der Waals surface area contributed by atoms with Crippen molar-refractivity contribution in [2.75, 3.05) is 14.1 Å². The summed E-state index contributed by atoms with van der Waals surface area (Å²) in [5.74, 6) is 0. The lowest BCUT2D eigenvalue weighted by molar-refractivity contribution is 1.02. The van der Waals surface area contributed by atoms with Crippen LogP contribution in [0.2, 0.25) is 0 Å². The topological polar surface area (TPSA) is 68.7 Å². The molecule has 0 amide bonds. The average Bonchev–Trinajstić information content (AvgIpc) is 2.39. The van der Waals surface area contributed by atoms with Crippen molar-refractivity contribution >= 4 is 15.9 Å². The molecular formula is C14H14BrN3O. The van der Waals surface area contributed by atoms with Gasteiger partial charge in [-0.3, -0.25) is 4.79 Å². The van der Waals surface area contributed by atoms with Crippen LogP contribution in [0, 0.1) is 11.3 Å². The third-order valence-corrected chi connectivity index (χ3v) is 2.66. The van der Waals surface area contributed by atoms with E-state index in [0.717, 1.165) is 10.0 Å². The molecule has 0 aliphatic rings. The first-order valence-electron chi connectivity index (χ1n) is 5.60. The first-order valence-corrected chi connectivity index (χ1v) is 6.39. The predicted octanol–water partition coefficient (Wildman–Crippen LogP) is 2.51. The molecule has 19 heavy (non-hydrogen) atoms. The van der Waals surface area contributed by atoms with Gasteiger partial charge in [0.25, 0.3) is 5.56 Å². The largest absolute Gasteiger partial charge is 0.323 e. The Balaban J connectivity index is 0.000000550. The third kappa shape index (κ3) is 4.36. The Hall–Kier alpha value is -1.90. The minimum Gasteiger partial charge on any atom is -0.323 e. The molecule has 2 rings (SSSR count). The van der Waals surface area contributed by atoms with Gasteiger partial charge in [-0.2, -0.15) is 5.26 Å². The lowest BCUT2D eigenvalue weighted by Gasteiger charge is -2.01. The zero-order valence-electron chi connectivity index (χ0n) is 10.7. The number of benzene rings is 1. The Morgan fingerprint density at radius 1 is 1.26 bits per heavy atom. The Labute approximate surface area is 120 Å². The molecule has 0 bridgehead atoms. The van der Waals surface area contributed by atoms with E-state index in [-0.39, 0.29) is 11.1 Å². The lowest BCUT2D eigenvalue weighted by Crippen LogP contribution is -2.09. The van der Waals surface area contributed by atoms with Gasteiger partial charge in [0, 0.05) is 10.2 Å². The number of hydrogen-bond acceptors (Lipinski definition) is 3. The predicted molar refractivity (Wildman–Crippen MR) is 79.9 cm³/mol. The summed E-state index contributed by atoms with van der Waals surface area (Å²) in [6.07, 6.45) is 0. The zero-order chi connectivity index (χ0) is 14.3. The van der Waals surface area contributed by atoms with Crippen LogP contribution in [0.5, 0.6) is 0 Å². The fourth-order valence-electron chi connectivity index (χ4n) is 1.39. The van der Waals surface area contributed by atoms with Gasteiger partial charge in [-0.05, 0) is 43.9 Å². The number of halogens is 1. The molecule has 0 spiro atoms. The first-order chi connectivity index (χ1) is 9.12. The van der Waals surface area contributed by atoms with Gasteiger partial charge in [-0.15, -0.1) is 0 Å². The normalized spacial score (nSPS) is 9.16. The van der Waals surface area contributed by atoms with E-state index in [1.54, 1.807) is 6.07 Å². The maximum absolute atomic E-state index is 11.4. The minimum atomic E-state index is -0.361. The second-order valence-corrected chi connectivity index (χ2v) is 4.65. The molecule has 4 nitrogen and oxygen atoms in total. The van der Waals surface area contributed by atoms with Crippen molar-refractivity contribution in [3.63, 3.8) is 0 Å². The fourth-order valence-corrected chi connectivity index (χ4v) is 1.79. The smallest absolute Gasteiger partial charge is 0.266 e. The molecule has 1 heterocycles. The van der Waals surface area contributed by atoms with E-state index in [1.807, 2.05) is 44.4 Å². The third-order valence-electron chi connectivity index (χ3n) is 2.17. The number of aromatic amines is 1. The molecule has 0 atom stereocenters. The highest BCUT2D eigenvalue weighted by Gasteiger charge is 2.02. The summed E-state index contributed by atoms with van der Waals surface area (Å²) in [6.45, 7) is 0. The van der Waals surface area contributed by atoms with Gasteiger partial charge < -0.3 is 10.3 Å². The van der Waals surface area contributed by atoms with Crippen LogP contribution in [-0.2, 0) is 0 Å². The summed E-state index contributed by atoms with van der Waals surface area (Å²) >= 11 is 3.36. The monoisotopic (exact) mass is 319 g/mol. The van der Waals surface area contributed by atoms with Gasteiger partial charge in [-0.25, -0.2) is 0 Å². The summed E-state index contributed by atoms with van der Waals surface area (Å²) in [6, 6.07) is 12.7. The molecular weight excluding hydrogens is 306 g/mol. The van der Waals surface area contributed by atoms with Crippen molar-refractivity contribution in [3.8, 4) is 17.3 Å². The molecule has 1 aromatic heterocycles. The summed E-state index contributed by atoms with van der Waals surface area (Å²) in [4.78, 5) is 14.1. The Morgan fingerprint density at radius 2 is 1.95 bits per heavy atom. The molecule has 98 valence electrons. The zero-order valence-corrected chi connectivity index (χ0v) is 12.3. The average molecular weight is 320 g/mol. The van der Waals surface area contributed by atoms with Crippen LogP contribution in [0.3, 0.4) is 0 Å². The first kappa shape index (κ1) is 15.2. The molecule has 0 saturated carbocycles. The van der Waals surface area contributed by atoms with E-state index in [4.69, 9.17) is 5.26 Å². The van der Waals surface area contributed by atoms with Crippen LogP contribution in [0.1, 0.15) is 5.56 Å². The van der Waals surface area contributed by atoms with Crippen molar-refractivity contribution in [3.05, 3.63) is 56.8 Å². The molecule has 2 N–H and O–H groups in total. The highest BCUT2D eigenvalue weighted by atomic mass is 79.9. The molecule has 0 fully saturated rings. The molecule has 0 unspecified atom stereocenters. The van der Waals surface area contributed by atoms with Crippen LogP contribution in [0.4, 0.5) is 0 Å². The highest BCUT2D eigenvalue weighted by Crippen LogP contribution is 2.20. The molecule has 5 heteroatoms. The number of rotatable bonds is 1. The second kappa shape index (κ2) is 7.52. The maximum Gasteiger partial charge on any atom is 0.266 e. The number of nitrogens with one attached hydrogen (secondary N) is 2. The van der Waals surface area contributed by atoms with Gasteiger partial charge in [0.05, 0.1) is 0 Å². The molecule has 0 radical (unpaired) electrons. The van der Waals surface area contributed by atoms with Gasteiger partial charge in [0.15, 0.2) is 0 Å². The van der Waals surface area contributed by atoms with Crippen molar-refractivity contribution in [2.24, 2.45) is 0 Å². The standard InChI is InChI=1S/C12H7BrN2O.C2H7N/c13-10-3-1-2-8(6-10)11-5-4-9(7-14)12(16)15-11;1-3-2/h1-6H,(H,15,16);3H,1-2H3. The van der Waals surface area contributed by atoms with Crippen LogP contribution in [0.25, 0.3) is 11.3 Å². The summed E-state index contributed by atoms with van der Waals surface area (Å²) in [5, 5.41) is 11.4. The van der Waals surface area contributed by atoms with E-state index < -0.39 is 0 Å². The number of nitrogens with zero attached hydrogens (tertiary/aromatic N) is 1. The number of H-pyrrole nitrogens is 1. The second-order valence-electron chi connectivity index (χ2n) is 3.74. The van der Waals surface area contributed by atoms with Gasteiger partial charge in [0.2, 0.25) is 0 Å². The molecule has 0 aliphatic carbocycles. The van der Waals surface area contributed by atoms with E-state index in [2.05, 4.69) is 26.2 Å². The van der Waals surface area contributed by atoms with Crippen molar-refractivity contribution < 1.29 is 0 Å². The van der Waals surface area contributed by atoms with Crippen LogP contribution >= 0.6 is 15.9 Å². The van der Waals surface area contributed by atoms with E-state index in [9.17, 15) is 4.79 Å². The summed E-state index contributed by atoms with van der Waals surface area (Å²) < 4.78 is 0.940. The SMILES string of the molecule is CNC.N#Cc1ccc(-c2cccc(Br)c2)[nH]c1=O. The van der Waals surface area contributed by atoms with Gasteiger partial charge in [-0.1, -0.05) is 28.1 Å². The summed E-state index contributed by atoms with van der Waals surface area (Å²) in [7, 11) is 3.75. The van der Waals surface area contributed by atoms with E-state index in [0.29, 0.717) is 5.69 Å². The molecule has 0 saturated heterocycles. The minimum absolute atomic E-state index is 0.124. The van der Waals surface area contributed by atoms with E-state index in [1.165, 1.54) is 6.07 Å². The van der Waals surface area contributed by atoms with Crippen molar-refractivity contribution in [1.29, 1.82) is 5.26 Å². The number of nitriles is 1. The van der Waals surface area contributed by atoms with Crippen LogP contribution < -0.4 is 10.9 Å². The van der Waals surface area contributed by atoms with Crippen molar-refractivity contribution in [1.82, 2.24) is 10.3 Å².